The highest BCUT2D eigenvalue weighted by Crippen LogP contribution is 2.30. The Balaban J connectivity index is 2.10. The molecule has 2 amide bonds. The summed E-state index contributed by atoms with van der Waals surface area (Å²) >= 11 is 0. The van der Waals surface area contributed by atoms with Crippen molar-refractivity contribution in [1.82, 2.24) is 4.90 Å². The van der Waals surface area contributed by atoms with Gasteiger partial charge in [-0.2, -0.15) is 13.2 Å². The number of nitrogens with zero attached hydrogens (tertiary/aromatic N) is 1. The summed E-state index contributed by atoms with van der Waals surface area (Å²) in [6.45, 7) is -0.0167. The molecule has 0 aliphatic heterocycles. The summed E-state index contributed by atoms with van der Waals surface area (Å²) in [5.74, 6) is 0.595. The molecule has 2 aromatic rings. The number of amides is 2. The number of aliphatic hydroxyl groups excluding tert-OH is 1. The van der Waals surface area contributed by atoms with E-state index in [0.717, 1.165) is 17.7 Å². The van der Waals surface area contributed by atoms with Gasteiger partial charge in [0.2, 0.25) is 0 Å². The Bertz CT molecular complexity index is 733. The van der Waals surface area contributed by atoms with Crippen molar-refractivity contribution in [3.8, 4) is 5.75 Å². The maximum absolute atomic E-state index is 12.6. The minimum absolute atomic E-state index is 0.0600. The molecule has 8 heteroatoms. The number of urea groups is 1. The quantitative estimate of drug-likeness (QED) is 0.817. The number of benzene rings is 2. The molecule has 5 nitrogen and oxygen atoms in total. The van der Waals surface area contributed by atoms with E-state index in [1.807, 2.05) is 0 Å². The van der Waals surface area contributed by atoms with Crippen molar-refractivity contribution in [2.45, 2.75) is 12.7 Å². The number of rotatable bonds is 6. The van der Waals surface area contributed by atoms with Gasteiger partial charge in [0.15, 0.2) is 0 Å². The van der Waals surface area contributed by atoms with Crippen molar-refractivity contribution in [2.24, 2.45) is 0 Å². The number of nitrogens with one attached hydrogen (secondary N) is 1. The second kappa shape index (κ2) is 8.57. The maximum atomic E-state index is 12.6. The van der Waals surface area contributed by atoms with Gasteiger partial charge in [0.1, 0.15) is 5.75 Å². The number of methoxy groups -OCH3 is 1. The number of ether oxygens (including phenoxy) is 1. The summed E-state index contributed by atoms with van der Waals surface area (Å²) < 4.78 is 43.0. The second-order valence-corrected chi connectivity index (χ2v) is 5.46. The van der Waals surface area contributed by atoms with Crippen LogP contribution in [0, 0.1) is 0 Å². The lowest BCUT2D eigenvalue weighted by Crippen LogP contribution is -2.36. The molecule has 2 aromatic carbocycles. The van der Waals surface area contributed by atoms with E-state index >= 15 is 0 Å². The molecule has 0 radical (unpaired) electrons. The molecule has 2 N–H and O–H groups in total. The summed E-state index contributed by atoms with van der Waals surface area (Å²) in [5.41, 5.74) is 0.175. The molecule has 0 atom stereocenters. The lowest BCUT2D eigenvalue weighted by atomic mass is 10.2. The third-order valence-corrected chi connectivity index (χ3v) is 3.67. The highest BCUT2D eigenvalue weighted by atomic mass is 19.4. The Hall–Kier alpha value is -2.74. The summed E-state index contributed by atoms with van der Waals surface area (Å²) in [7, 11) is 1.51. The van der Waals surface area contributed by atoms with E-state index in [9.17, 15) is 23.1 Å². The number of carbonyl (C=O) groups is 1. The van der Waals surface area contributed by atoms with Gasteiger partial charge >= 0.3 is 12.2 Å². The smallest absolute Gasteiger partial charge is 0.416 e. The van der Waals surface area contributed by atoms with E-state index in [1.165, 1.54) is 24.1 Å². The van der Waals surface area contributed by atoms with Crippen molar-refractivity contribution in [3.05, 3.63) is 59.7 Å². The predicted octanol–water partition coefficient (Wildman–Crippen LogP) is 3.74. The van der Waals surface area contributed by atoms with E-state index < -0.39 is 17.8 Å². The van der Waals surface area contributed by atoms with E-state index in [0.29, 0.717) is 5.75 Å². The molecule has 0 heterocycles. The van der Waals surface area contributed by atoms with E-state index in [2.05, 4.69) is 5.32 Å². The second-order valence-electron chi connectivity index (χ2n) is 5.46. The van der Waals surface area contributed by atoms with Crippen molar-refractivity contribution in [2.75, 3.05) is 25.6 Å². The number of carbonyl (C=O) groups excluding carboxylic acids is 1. The molecular formula is C18H19F3N2O3. The van der Waals surface area contributed by atoms with E-state index in [4.69, 9.17) is 4.74 Å². The lowest BCUT2D eigenvalue weighted by molar-refractivity contribution is -0.137. The number of hydrogen-bond acceptors (Lipinski definition) is 3. The van der Waals surface area contributed by atoms with E-state index in [-0.39, 0.29) is 25.4 Å². The molecule has 0 aliphatic rings. The maximum Gasteiger partial charge on any atom is 0.416 e. The minimum atomic E-state index is -4.44. The Morgan fingerprint density at radius 2 is 1.81 bits per heavy atom. The van der Waals surface area contributed by atoms with Crippen LogP contribution in [0.25, 0.3) is 0 Å². The van der Waals surface area contributed by atoms with Crippen molar-refractivity contribution in [1.29, 1.82) is 0 Å². The Morgan fingerprint density at radius 1 is 1.15 bits per heavy atom. The third kappa shape index (κ3) is 5.13. The van der Waals surface area contributed by atoms with Crippen LogP contribution in [0.4, 0.5) is 23.7 Å². The fourth-order valence-electron chi connectivity index (χ4n) is 2.36. The average molecular weight is 368 g/mol. The van der Waals surface area contributed by atoms with Crippen molar-refractivity contribution in [3.63, 3.8) is 0 Å². The van der Waals surface area contributed by atoms with Crippen LogP contribution in [0.1, 0.15) is 11.1 Å². The fraction of sp³-hybridized carbons (Fsp3) is 0.278. The minimum Gasteiger partial charge on any atom is -0.496 e. The normalized spacial score (nSPS) is 11.1. The third-order valence-electron chi connectivity index (χ3n) is 3.67. The zero-order chi connectivity index (χ0) is 19.2. The zero-order valence-corrected chi connectivity index (χ0v) is 14.1. The van der Waals surface area contributed by atoms with Gasteiger partial charge in [0, 0.05) is 17.8 Å². The van der Waals surface area contributed by atoms with Crippen LogP contribution in [-0.2, 0) is 12.7 Å². The molecular weight excluding hydrogens is 349 g/mol. The first-order valence-corrected chi connectivity index (χ1v) is 7.81. The molecule has 2 rings (SSSR count). The number of para-hydroxylation sites is 1. The molecule has 0 saturated carbocycles. The van der Waals surface area contributed by atoms with E-state index in [1.54, 1.807) is 24.3 Å². The standard InChI is InChI=1S/C18H19F3N2O3/c1-26-16-5-3-2-4-13(16)12-23(10-11-24)17(25)22-15-8-6-14(7-9-15)18(19,20)21/h2-9,24H,10-12H2,1H3,(H,22,25). The van der Waals surface area contributed by atoms with Gasteiger partial charge < -0.3 is 20.1 Å². The summed E-state index contributed by atoms with van der Waals surface area (Å²) in [4.78, 5) is 13.8. The van der Waals surface area contributed by atoms with Gasteiger partial charge in [-0.1, -0.05) is 18.2 Å². The molecule has 140 valence electrons. The number of halogens is 3. The monoisotopic (exact) mass is 368 g/mol. The first kappa shape index (κ1) is 19.6. The molecule has 0 fully saturated rings. The number of hydrogen-bond donors (Lipinski definition) is 2. The molecule has 0 aromatic heterocycles. The Labute approximate surface area is 149 Å². The first-order chi connectivity index (χ1) is 12.3. The Kier molecular flexibility index (Phi) is 6.46. The molecule has 0 spiro atoms. The van der Waals surface area contributed by atoms with Crippen molar-refractivity contribution < 1.29 is 27.8 Å². The van der Waals surface area contributed by atoms with Crippen LogP contribution in [0.15, 0.2) is 48.5 Å². The summed E-state index contributed by atoms with van der Waals surface area (Å²) in [5, 5.41) is 11.7. The highest BCUT2D eigenvalue weighted by molar-refractivity contribution is 5.89. The molecule has 0 saturated heterocycles. The average Bonchev–Trinajstić information content (AvgIpc) is 2.61. The predicted molar refractivity (Wildman–Crippen MR) is 91.0 cm³/mol. The molecule has 0 unspecified atom stereocenters. The van der Waals surface area contributed by atoms with Gasteiger partial charge in [-0.25, -0.2) is 4.79 Å². The number of aliphatic hydroxyl groups is 1. The van der Waals surface area contributed by atoms with Crippen LogP contribution in [0.3, 0.4) is 0 Å². The van der Waals surface area contributed by atoms with Gasteiger partial charge in [0.25, 0.3) is 0 Å². The van der Waals surface area contributed by atoms with Crippen LogP contribution in [0.5, 0.6) is 5.75 Å². The number of alkyl halides is 3. The Morgan fingerprint density at radius 3 is 2.38 bits per heavy atom. The largest absolute Gasteiger partial charge is 0.496 e. The first-order valence-electron chi connectivity index (χ1n) is 7.81. The topological polar surface area (TPSA) is 61.8 Å². The molecule has 26 heavy (non-hydrogen) atoms. The molecule has 0 aliphatic carbocycles. The summed E-state index contributed by atoms with van der Waals surface area (Å²) in [6.07, 6.45) is -4.44. The SMILES string of the molecule is COc1ccccc1CN(CCO)C(=O)Nc1ccc(C(F)(F)F)cc1. The van der Waals surface area contributed by atoms with Gasteiger partial charge in [0.05, 0.1) is 25.8 Å². The van der Waals surface area contributed by atoms with Crippen LogP contribution in [0.2, 0.25) is 0 Å². The van der Waals surface area contributed by atoms with Gasteiger partial charge in [-0.15, -0.1) is 0 Å². The number of anilines is 1. The van der Waals surface area contributed by atoms with Crippen LogP contribution >= 0.6 is 0 Å². The van der Waals surface area contributed by atoms with Gasteiger partial charge in [-0.3, -0.25) is 0 Å². The van der Waals surface area contributed by atoms with Crippen LogP contribution < -0.4 is 10.1 Å². The fourth-order valence-corrected chi connectivity index (χ4v) is 2.36. The van der Waals surface area contributed by atoms with Gasteiger partial charge in [-0.05, 0) is 30.3 Å². The zero-order valence-electron chi connectivity index (χ0n) is 14.1. The lowest BCUT2D eigenvalue weighted by Gasteiger charge is -2.23. The van der Waals surface area contributed by atoms with Crippen LogP contribution in [-0.4, -0.2) is 36.3 Å². The van der Waals surface area contributed by atoms with Crippen molar-refractivity contribution >= 4 is 11.7 Å². The summed E-state index contributed by atoms with van der Waals surface area (Å²) in [6, 6.07) is 10.7. The highest BCUT2D eigenvalue weighted by Gasteiger charge is 2.30. The molecule has 0 bridgehead atoms.